The second-order valence-corrected chi connectivity index (χ2v) is 8.44. The van der Waals surface area contributed by atoms with Crippen LogP contribution in [0.5, 0.6) is 5.75 Å². The van der Waals surface area contributed by atoms with Crippen molar-refractivity contribution in [1.82, 2.24) is 4.98 Å². The Bertz CT molecular complexity index is 1360. The maximum absolute atomic E-state index is 12.9. The third-order valence-electron chi connectivity index (χ3n) is 4.95. The van der Waals surface area contributed by atoms with Crippen LogP contribution in [0.1, 0.15) is 27.2 Å². The molecule has 4 aromatic rings. The van der Waals surface area contributed by atoms with Crippen LogP contribution in [0, 0.1) is 0 Å². The molecule has 0 bridgehead atoms. The van der Waals surface area contributed by atoms with E-state index in [2.05, 4.69) is 10.3 Å². The Balaban J connectivity index is 1.42. The molecule has 0 saturated carbocycles. The first kappa shape index (κ1) is 25.2. The van der Waals surface area contributed by atoms with E-state index in [0.29, 0.717) is 21.9 Å². The number of hydrogen-bond donors (Lipinski definition) is 1. The van der Waals surface area contributed by atoms with Gasteiger partial charge in [0.2, 0.25) is 0 Å². The number of benzene rings is 3. The number of hydrogen-bond acceptors (Lipinski definition) is 4. The number of rotatable bonds is 6. The maximum atomic E-state index is 12.9. The highest BCUT2D eigenvalue weighted by Gasteiger charge is 2.31. The number of ether oxygens (including phenoxy) is 1. The van der Waals surface area contributed by atoms with E-state index in [1.165, 1.54) is 29.6 Å². The van der Waals surface area contributed by atoms with Crippen molar-refractivity contribution in [2.75, 3.05) is 5.32 Å². The molecule has 1 heterocycles. The number of anilines is 1. The van der Waals surface area contributed by atoms with E-state index in [1.54, 1.807) is 24.3 Å². The number of aromatic nitrogens is 1. The Kier molecular flexibility index (Phi) is 7.02. The van der Waals surface area contributed by atoms with Crippen LogP contribution >= 0.6 is 11.3 Å². The van der Waals surface area contributed by atoms with Gasteiger partial charge in [-0.15, -0.1) is 11.3 Å². The standard InChI is InChI=1S/C25H16F6N2O2S/c26-24(27,28)17-9-7-15(8-10-17)13-35-20-6-1-3-16(11-20)23-33-21(14-36-23)22(34)32-19-5-2-4-18(12-19)25(29,30)31/h1-12,14H,13H2,(H,32,34). The molecule has 0 radical (unpaired) electrons. The molecule has 0 unspecified atom stereocenters. The molecule has 36 heavy (non-hydrogen) atoms. The van der Waals surface area contributed by atoms with Crippen molar-refractivity contribution in [3.05, 3.63) is 101 Å². The summed E-state index contributed by atoms with van der Waals surface area (Å²) in [4.78, 5) is 16.8. The summed E-state index contributed by atoms with van der Waals surface area (Å²) in [5.74, 6) is -0.218. The van der Waals surface area contributed by atoms with E-state index in [9.17, 15) is 31.1 Å². The molecule has 11 heteroatoms. The lowest BCUT2D eigenvalue weighted by Crippen LogP contribution is -2.13. The van der Waals surface area contributed by atoms with Crippen LogP contribution in [0.15, 0.2) is 78.2 Å². The zero-order chi connectivity index (χ0) is 25.9. The predicted molar refractivity (Wildman–Crippen MR) is 123 cm³/mol. The molecule has 0 fully saturated rings. The SMILES string of the molecule is O=C(Nc1cccc(C(F)(F)F)c1)c1csc(-c2cccc(OCc3ccc(C(F)(F)F)cc3)c2)n1. The lowest BCUT2D eigenvalue weighted by molar-refractivity contribution is -0.138. The van der Waals surface area contributed by atoms with Gasteiger partial charge in [-0.1, -0.05) is 30.3 Å². The smallest absolute Gasteiger partial charge is 0.416 e. The average Bonchev–Trinajstić information content (AvgIpc) is 3.33. The molecule has 4 rings (SSSR count). The third-order valence-corrected chi connectivity index (χ3v) is 5.84. The quantitative estimate of drug-likeness (QED) is 0.264. The number of carbonyl (C=O) groups is 1. The molecule has 4 nitrogen and oxygen atoms in total. The summed E-state index contributed by atoms with van der Waals surface area (Å²) in [7, 11) is 0. The molecule has 0 atom stereocenters. The summed E-state index contributed by atoms with van der Waals surface area (Å²) >= 11 is 1.16. The minimum Gasteiger partial charge on any atom is -0.489 e. The van der Waals surface area contributed by atoms with Crippen molar-refractivity contribution in [3.63, 3.8) is 0 Å². The van der Waals surface area contributed by atoms with Crippen molar-refractivity contribution < 1.29 is 35.9 Å². The van der Waals surface area contributed by atoms with Crippen molar-refractivity contribution in [3.8, 4) is 16.3 Å². The minimum atomic E-state index is -4.53. The van der Waals surface area contributed by atoms with Crippen LogP contribution in [-0.4, -0.2) is 10.9 Å². The molecule has 1 N–H and O–H groups in total. The molecule has 0 aliphatic carbocycles. The van der Waals surface area contributed by atoms with Crippen molar-refractivity contribution in [2.24, 2.45) is 0 Å². The Morgan fingerprint density at radius 1 is 0.861 bits per heavy atom. The molecular weight excluding hydrogens is 506 g/mol. The summed E-state index contributed by atoms with van der Waals surface area (Å²) in [6, 6.07) is 15.7. The van der Waals surface area contributed by atoms with Gasteiger partial charge in [-0.25, -0.2) is 4.98 Å². The molecule has 0 aliphatic rings. The van der Waals surface area contributed by atoms with E-state index in [-0.39, 0.29) is 18.0 Å². The van der Waals surface area contributed by atoms with Crippen LogP contribution in [0.4, 0.5) is 32.0 Å². The van der Waals surface area contributed by atoms with E-state index in [4.69, 9.17) is 4.74 Å². The Morgan fingerprint density at radius 3 is 2.25 bits per heavy atom. The van der Waals surface area contributed by atoms with E-state index >= 15 is 0 Å². The van der Waals surface area contributed by atoms with Gasteiger partial charge in [0.15, 0.2) is 0 Å². The van der Waals surface area contributed by atoms with Gasteiger partial charge in [0.05, 0.1) is 11.1 Å². The predicted octanol–water partition coefficient (Wildman–Crippen LogP) is 7.68. The summed E-state index contributed by atoms with van der Waals surface area (Å²) in [5.41, 5.74) is -0.428. The second-order valence-electron chi connectivity index (χ2n) is 7.58. The number of thiazole rings is 1. The van der Waals surface area contributed by atoms with Gasteiger partial charge in [0.1, 0.15) is 23.1 Å². The third kappa shape index (κ3) is 6.22. The average molecular weight is 522 g/mol. The highest BCUT2D eigenvalue weighted by Crippen LogP contribution is 2.32. The molecule has 0 aliphatic heterocycles. The number of amides is 1. The van der Waals surface area contributed by atoms with Crippen molar-refractivity contribution >= 4 is 22.9 Å². The monoisotopic (exact) mass is 522 g/mol. The highest BCUT2D eigenvalue weighted by atomic mass is 32.1. The highest BCUT2D eigenvalue weighted by molar-refractivity contribution is 7.13. The fourth-order valence-corrected chi connectivity index (χ4v) is 3.95. The Labute approximate surface area is 205 Å². The number of halogens is 6. The molecule has 0 spiro atoms. The number of nitrogens with one attached hydrogen (secondary N) is 1. The number of carbonyl (C=O) groups excluding carboxylic acids is 1. The summed E-state index contributed by atoms with van der Waals surface area (Å²) in [6.45, 7) is 0.0457. The van der Waals surface area contributed by atoms with Crippen LogP contribution < -0.4 is 10.1 Å². The first-order chi connectivity index (χ1) is 17.0. The van der Waals surface area contributed by atoms with Crippen LogP contribution in [0.25, 0.3) is 10.6 Å². The second kappa shape index (κ2) is 10.0. The molecule has 3 aromatic carbocycles. The molecule has 0 saturated heterocycles. The van der Waals surface area contributed by atoms with E-state index in [1.807, 2.05) is 0 Å². The van der Waals surface area contributed by atoms with E-state index in [0.717, 1.165) is 35.6 Å². The normalized spacial score (nSPS) is 11.8. The summed E-state index contributed by atoms with van der Waals surface area (Å²) in [6.07, 6.45) is -8.95. The van der Waals surface area contributed by atoms with Gasteiger partial charge >= 0.3 is 12.4 Å². The zero-order valence-electron chi connectivity index (χ0n) is 18.2. The van der Waals surface area contributed by atoms with Gasteiger partial charge in [-0.2, -0.15) is 26.3 Å². The van der Waals surface area contributed by atoms with Crippen molar-refractivity contribution in [2.45, 2.75) is 19.0 Å². The minimum absolute atomic E-state index is 0.0111. The molecule has 1 amide bonds. The molecule has 1 aromatic heterocycles. The lowest BCUT2D eigenvalue weighted by Gasteiger charge is -2.10. The van der Waals surface area contributed by atoms with Crippen LogP contribution in [-0.2, 0) is 19.0 Å². The van der Waals surface area contributed by atoms with Crippen LogP contribution in [0.2, 0.25) is 0 Å². The lowest BCUT2D eigenvalue weighted by atomic mass is 10.1. The first-order valence-corrected chi connectivity index (χ1v) is 11.2. The fourth-order valence-electron chi connectivity index (χ4n) is 3.15. The van der Waals surface area contributed by atoms with Gasteiger partial charge in [-0.3, -0.25) is 4.79 Å². The Morgan fingerprint density at radius 2 is 1.56 bits per heavy atom. The number of nitrogens with zero attached hydrogens (tertiary/aromatic N) is 1. The summed E-state index contributed by atoms with van der Waals surface area (Å²) in [5, 5.41) is 4.36. The largest absolute Gasteiger partial charge is 0.489 e. The topological polar surface area (TPSA) is 51.2 Å². The zero-order valence-corrected chi connectivity index (χ0v) is 19.0. The van der Waals surface area contributed by atoms with Gasteiger partial charge in [0, 0.05) is 16.6 Å². The maximum Gasteiger partial charge on any atom is 0.416 e. The van der Waals surface area contributed by atoms with Crippen LogP contribution in [0.3, 0.4) is 0 Å². The summed E-state index contributed by atoms with van der Waals surface area (Å²) < 4.78 is 82.4. The Hall–Kier alpha value is -3.86. The fraction of sp³-hybridized carbons (Fsp3) is 0.120. The van der Waals surface area contributed by atoms with Gasteiger partial charge in [-0.05, 0) is 48.0 Å². The van der Waals surface area contributed by atoms with Gasteiger partial charge in [0.25, 0.3) is 5.91 Å². The molecule has 186 valence electrons. The van der Waals surface area contributed by atoms with Gasteiger partial charge < -0.3 is 10.1 Å². The number of alkyl halides is 6. The first-order valence-electron chi connectivity index (χ1n) is 10.3. The molecular formula is C25H16F6N2O2S. The van der Waals surface area contributed by atoms with Crippen molar-refractivity contribution in [1.29, 1.82) is 0 Å². The van der Waals surface area contributed by atoms with E-state index < -0.39 is 29.4 Å².